The molecule has 0 atom stereocenters. The van der Waals surface area contributed by atoms with Crippen molar-refractivity contribution in [1.29, 1.82) is 0 Å². The van der Waals surface area contributed by atoms with Crippen LogP contribution in [0.15, 0.2) is 57.9 Å². The molecule has 1 aromatic heterocycles. The third-order valence-electron chi connectivity index (χ3n) is 3.75. The normalized spacial score (nSPS) is 11.5. The number of hydrogen-bond acceptors (Lipinski definition) is 6. The summed E-state index contributed by atoms with van der Waals surface area (Å²) in [5.74, 6) is 0.635. The van der Waals surface area contributed by atoms with Gasteiger partial charge in [0, 0.05) is 30.5 Å². The van der Waals surface area contributed by atoms with Gasteiger partial charge in [0.05, 0.1) is 4.90 Å². The van der Waals surface area contributed by atoms with E-state index in [4.69, 9.17) is 4.52 Å². The van der Waals surface area contributed by atoms with Crippen LogP contribution in [0, 0.1) is 5.82 Å². The summed E-state index contributed by atoms with van der Waals surface area (Å²) in [7, 11) is -3.18. The fourth-order valence-electron chi connectivity index (χ4n) is 2.36. The summed E-state index contributed by atoms with van der Waals surface area (Å²) in [5.41, 5.74) is 1.54. The molecule has 6 nitrogen and oxygen atoms in total. The van der Waals surface area contributed by atoms with E-state index in [0.29, 0.717) is 35.1 Å². The quantitative estimate of drug-likeness (QED) is 0.638. The van der Waals surface area contributed by atoms with Gasteiger partial charge in [-0.2, -0.15) is 4.98 Å². The first kappa shape index (κ1) is 18.1. The second kappa shape index (κ2) is 7.65. The van der Waals surface area contributed by atoms with Crippen molar-refractivity contribution in [1.82, 2.24) is 10.1 Å². The van der Waals surface area contributed by atoms with Crippen molar-refractivity contribution in [3.8, 4) is 11.4 Å². The van der Waals surface area contributed by atoms with E-state index < -0.39 is 9.84 Å². The molecule has 3 aromatic rings. The van der Waals surface area contributed by atoms with E-state index in [1.54, 1.807) is 36.4 Å². The Morgan fingerprint density at radius 3 is 2.42 bits per heavy atom. The molecule has 3 rings (SSSR count). The summed E-state index contributed by atoms with van der Waals surface area (Å²) < 4.78 is 41.0. The van der Waals surface area contributed by atoms with Gasteiger partial charge >= 0.3 is 0 Å². The zero-order valence-electron chi connectivity index (χ0n) is 14.1. The van der Waals surface area contributed by atoms with Gasteiger partial charge < -0.3 is 9.84 Å². The Morgan fingerprint density at radius 2 is 1.77 bits per heavy atom. The number of rotatable bonds is 7. The minimum atomic E-state index is -3.18. The van der Waals surface area contributed by atoms with E-state index in [9.17, 15) is 12.8 Å². The number of benzene rings is 2. The van der Waals surface area contributed by atoms with Crippen LogP contribution in [0.1, 0.15) is 12.3 Å². The summed E-state index contributed by atoms with van der Waals surface area (Å²) in [6.07, 6.45) is 2.54. The highest BCUT2D eigenvalue weighted by Crippen LogP contribution is 2.17. The molecule has 1 heterocycles. The average Bonchev–Trinajstić information content (AvgIpc) is 3.08. The van der Waals surface area contributed by atoms with Gasteiger partial charge in [-0.15, -0.1) is 0 Å². The molecular weight excluding hydrogens is 357 g/mol. The van der Waals surface area contributed by atoms with Crippen molar-refractivity contribution in [3.63, 3.8) is 0 Å². The van der Waals surface area contributed by atoms with Gasteiger partial charge in [0.1, 0.15) is 5.82 Å². The molecule has 1 N–H and O–H groups in total. The molecule has 8 heteroatoms. The highest BCUT2D eigenvalue weighted by atomic mass is 32.2. The SMILES string of the molecule is CS(=O)(=O)c1ccc(NCCCc2nc(-c3ccc(F)cc3)no2)cc1. The van der Waals surface area contributed by atoms with E-state index in [2.05, 4.69) is 15.5 Å². The van der Waals surface area contributed by atoms with E-state index in [-0.39, 0.29) is 5.82 Å². The maximum absolute atomic E-state index is 12.9. The number of nitrogens with zero attached hydrogens (tertiary/aromatic N) is 2. The number of aryl methyl sites for hydroxylation is 1. The predicted octanol–water partition coefficient (Wildman–Crippen LogP) is 3.32. The molecule has 26 heavy (non-hydrogen) atoms. The van der Waals surface area contributed by atoms with Gasteiger partial charge in [0.15, 0.2) is 9.84 Å². The van der Waals surface area contributed by atoms with Crippen molar-refractivity contribution >= 4 is 15.5 Å². The van der Waals surface area contributed by atoms with Crippen molar-refractivity contribution in [2.45, 2.75) is 17.7 Å². The van der Waals surface area contributed by atoms with Crippen LogP contribution in [0.4, 0.5) is 10.1 Å². The molecule has 0 radical (unpaired) electrons. The van der Waals surface area contributed by atoms with Crippen molar-refractivity contribution in [2.75, 3.05) is 18.1 Å². The number of aromatic nitrogens is 2. The number of nitrogens with one attached hydrogen (secondary N) is 1. The first-order valence-corrected chi connectivity index (χ1v) is 9.93. The van der Waals surface area contributed by atoms with Crippen LogP contribution in [-0.4, -0.2) is 31.4 Å². The van der Waals surface area contributed by atoms with Crippen molar-refractivity contribution in [3.05, 3.63) is 60.2 Å². The zero-order chi connectivity index (χ0) is 18.6. The lowest BCUT2D eigenvalue weighted by atomic mass is 10.2. The monoisotopic (exact) mass is 375 g/mol. The van der Waals surface area contributed by atoms with Gasteiger partial charge in [-0.05, 0) is 55.0 Å². The first-order valence-electron chi connectivity index (χ1n) is 8.04. The molecule has 0 saturated heterocycles. The van der Waals surface area contributed by atoms with Crippen LogP contribution in [0.25, 0.3) is 11.4 Å². The third-order valence-corrected chi connectivity index (χ3v) is 4.88. The predicted molar refractivity (Wildman–Crippen MR) is 96.1 cm³/mol. The summed E-state index contributed by atoms with van der Waals surface area (Å²) in [5, 5.41) is 7.11. The number of halogens is 1. The highest BCUT2D eigenvalue weighted by molar-refractivity contribution is 7.90. The molecule has 0 aliphatic heterocycles. The van der Waals surface area contributed by atoms with Crippen LogP contribution in [0.2, 0.25) is 0 Å². The summed E-state index contributed by atoms with van der Waals surface area (Å²) in [6.45, 7) is 0.673. The van der Waals surface area contributed by atoms with Crippen LogP contribution in [0.5, 0.6) is 0 Å². The van der Waals surface area contributed by atoms with Gasteiger partial charge in [-0.3, -0.25) is 0 Å². The standard InChI is InChI=1S/C18H18FN3O3S/c1-26(23,24)16-10-8-15(9-11-16)20-12-2-3-17-21-18(22-25-17)13-4-6-14(19)7-5-13/h4-11,20H,2-3,12H2,1H3. The molecule has 2 aromatic carbocycles. The Hall–Kier alpha value is -2.74. The van der Waals surface area contributed by atoms with Gasteiger partial charge in [-0.1, -0.05) is 5.16 Å². The third kappa shape index (κ3) is 4.66. The maximum Gasteiger partial charge on any atom is 0.227 e. The smallest absolute Gasteiger partial charge is 0.227 e. The zero-order valence-corrected chi connectivity index (χ0v) is 15.0. The average molecular weight is 375 g/mol. The molecule has 0 aliphatic carbocycles. The Morgan fingerprint density at radius 1 is 1.08 bits per heavy atom. The highest BCUT2D eigenvalue weighted by Gasteiger charge is 2.09. The molecule has 0 unspecified atom stereocenters. The number of anilines is 1. The lowest BCUT2D eigenvalue weighted by Gasteiger charge is -2.06. The van der Waals surface area contributed by atoms with Crippen molar-refractivity contribution in [2.24, 2.45) is 0 Å². The summed E-state index contributed by atoms with van der Waals surface area (Å²) >= 11 is 0. The van der Waals surface area contributed by atoms with Crippen LogP contribution < -0.4 is 5.32 Å². The van der Waals surface area contributed by atoms with Gasteiger partial charge in [0.2, 0.25) is 11.7 Å². The van der Waals surface area contributed by atoms with Crippen LogP contribution >= 0.6 is 0 Å². The molecule has 0 amide bonds. The van der Waals surface area contributed by atoms with E-state index >= 15 is 0 Å². The topological polar surface area (TPSA) is 85.1 Å². The Balaban J connectivity index is 1.49. The first-order chi connectivity index (χ1) is 12.4. The minimum Gasteiger partial charge on any atom is -0.385 e. The molecule has 0 saturated carbocycles. The molecule has 136 valence electrons. The van der Waals surface area contributed by atoms with E-state index in [1.165, 1.54) is 18.4 Å². The van der Waals surface area contributed by atoms with E-state index in [1.807, 2.05) is 0 Å². The largest absolute Gasteiger partial charge is 0.385 e. The number of sulfone groups is 1. The number of hydrogen-bond donors (Lipinski definition) is 1. The molecule has 0 spiro atoms. The molecule has 0 bridgehead atoms. The Kier molecular flexibility index (Phi) is 5.32. The second-order valence-corrected chi connectivity index (χ2v) is 7.86. The van der Waals surface area contributed by atoms with Gasteiger partial charge in [0.25, 0.3) is 0 Å². The Bertz CT molecular complexity index is 968. The second-order valence-electron chi connectivity index (χ2n) is 5.85. The van der Waals surface area contributed by atoms with Gasteiger partial charge in [-0.25, -0.2) is 12.8 Å². The molecule has 0 fully saturated rings. The lowest BCUT2D eigenvalue weighted by Crippen LogP contribution is -2.04. The van der Waals surface area contributed by atoms with Crippen LogP contribution in [-0.2, 0) is 16.3 Å². The fraction of sp³-hybridized carbons (Fsp3) is 0.222. The molecule has 0 aliphatic rings. The van der Waals surface area contributed by atoms with E-state index in [0.717, 1.165) is 12.1 Å². The van der Waals surface area contributed by atoms with Crippen LogP contribution in [0.3, 0.4) is 0 Å². The lowest BCUT2D eigenvalue weighted by molar-refractivity contribution is 0.377. The fourth-order valence-corrected chi connectivity index (χ4v) is 3.00. The molecular formula is C18H18FN3O3S. The summed E-state index contributed by atoms with van der Waals surface area (Å²) in [4.78, 5) is 4.59. The maximum atomic E-state index is 12.9. The summed E-state index contributed by atoms with van der Waals surface area (Å²) in [6, 6.07) is 12.5. The minimum absolute atomic E-state index is 0.294. The van der Waals surface area contributed by atoms with Crippen molar-refractivity contribution < 1.29 is 17.3 Å². The Labute approximate surface area is 151 Å².